The van der Waals surface area contributed by atoms with Crippen LogP contribution < -0.4 is 9.46 Å². The lowest BCUT2D eigenvalue weighted by Gasteiger charge is -2.09. The van der Waals surface area contributed by atoms with Gasteiger partial charge in [0.1, 0.15) is 11.7 Å². The van der Waals surface area contributed by atoms with Gasteiger partial charge in [-0.1, -0.05) is 18.2 Å². The van der Waals surface area contributed by atoms with Crippen molar-refractivity contribution in [3.63, 3.8) is 0 Å². The minimum atomic E-state index is 0.329. The molecular weight excluding hydrogens is 156 g/mol. The van der Waals surface area contributed by atoms with Crippen LogP contribution in [0.25, 0.3) is 11.0 Å². The largest absolute Gasteiger partial charge is 0.650 e. The number of fused-ring (bicyclic) bond motifs is 1. The third kappa shape index (κ3) is 0.852. The van der Waals surface area contributed by atoms with E-state index in [0.717, 1.165) is 6.20 Å². The molecule has 0 aliphatic carbocycles. The monoisotopic (exact) mass is 161 g/mol. The Bertz CT molecular complexity index is 388. The molecule has 0 N–H and O–H groups in total. The summed E-state index contributed by atoms with van der Waals surface area (Å²) in [6.45, 7) is 0. The first-order valence-electron chi connectivity index (χ1n) is 3.41. The Hall–Kier alpha value is -1.84. The first-order valence-corrected chi connectivity index (χ1v) is 3.41. The lowest BCUT2D eigenvalue weighted by Crippen LogP contribution is -2.37. The van der Waals surface area contributed by atoms with Crippen molar-refractivity contribution in [3.8, 4) is 0 Å². The molecular formula is C8H5N2O2-. The van der Waals surface area contributed by atoms with Gasteiger partial charge in [-0.3, -0.25) is 0 Å². The molecule has 2 aromatic rings. The van der Waals surface area contributed by atoms with E-state index in [1.807, 2.05) is 0 Å². The van der Waals surface area contributed by atoms with E-state index in [1.54, 1.807) is 24.3 Å². The predicted octanol–water partition coefficient (Wildman–Crippen LogP) is -0.0932. The lowest BCUT2D eigenvalue weighted by molar-refractivity contribution is -0.631. The molecule has 60 valence electrons. The van der Waals surface area contributed by atoms with Gasteiger partial charge in [0.25, 0.3) is 0 Å². The van der Waals surface area contributed by atoms with E-state index in [-0.39, 0.29) is 0 Å². The SMILES string of the molecule is [O-][n+]1[c-]c[n+]([O-])c2ccccc21. The van der Waals surface area contributed by atoms with E-state index in [0.29, 0.717) is 20.5 Å². The molecule has 1 heterocycles. The second-order valence-electron chi connectivity index (χ2n) is 2.37. The van der Waals surface area contributed by atoms with Gasteiger partial charge in [-0.2, -0.15) is 4.73 Å². The van der Waals surface area contributed by atoms with Crippen LogP contribution in [-0.2, 0) is 0 Å². The zero-order valence-corrected chi connectivity index (χ0v) is 6.10. The quantitative estimate of drug-likeness (QED) is 0.308. The highest BCUT2D eigenvalue weighted by molar-refractivity contribution is 5.66. The zero-order valence-electron chi connectivity index (χ0n) is 6.10. The fourth-order valence-corrected chi connectivity index (χ4v) is 1.07. The molecule has 4 nitrogen and oxygen atoms in total. The molecule has 0 unspecified atom stereocenters. The highest BCUT2D eigenvalue weighted by Gasteiger charge is 2.00. The van der Waals surface area contributed by atoms with Crippen molar-refractivity contribution in [2.45, 2.75) is 0 Å². The van der Waals surface area contributed by atoms with Crippen molar-refractivity contribution in [2.24, 2.45) is 0 Å². The number of rotatable bonds is 0. The van der Waals surface area contributed by atoms with Crippen LogP contribution >= 0.6 is 0 Å². The average Bonchev–Trinajstić information content (AvgIpc) is 2.12. The molecule has 4 heteroatoms. The maximum atomic E-state index is 11.1. The molecule has 0 bridgehead atoms. The van der Waals surface area contributed by atoms with Gasteiger partial charge in [-0.05, 0) is 6.07 Å². The van der Waals surface area contributed by atoms with Crippen LogP contribution in [0.1, 0.15) is 0 Å². The van der Waals surface area contributed by atoms with E-state index in [9.17, 15) is 10.4 Å². The van der Waals surface area contributed by atoms with E-state index >= 15 is 0 Å². The van der Waals surface area contributed by atoms with Crippen LogP contribution in [0, 0.1) is 16.6 Å². The summed E-state index contributed by atoms with van der Waals surface area (Å²) in [7, 11) is 0. The van der Waals surface area contributed by atoms with Crippen LogP contribution in [-0.4, -0.2) is 0 Å². The molecule has 2 rings (SSSR count). The van der Waals surface area contributed by atoms with Crippen LogP contribution in [0.2, 0.25) is 0 Å². The van der Waals surface area contributed by atoms with Crippen molar-refractivity contribution in [3.05, 3.63) is 47.1 Å². The summed E-state index contributed by atoms with van der Waals surface area (Å²) in [6.07, 6.45) is 3.32. The Morgan fingerprint density at radius 1 is 1.08 bits per heavy atom. The second-order valence-corrected chi connectivity index (χ2v) is 2.37. The van der Waals surface area contributed by atoms with Crippen LogP contribution in [0.15, 0.2) is 30.5 Å². The summed E-state index contributed by atoms with van der Waals surface area (Å²) in [6, 6.07) is 6.57. The molecule has 0 atom stereocenters. The summed E-state index contributed by atoms with van der Waals surface area (Å²) in [5.74, 6) is 0. The summed E-state index contributed by atoms with van der Waals surface area (Å²) < 4.78 is 1.16. The summed E-state index contributed by atoms with van der Waals surface area (Å²) in [5, 5.41) is 22.1. The molecule has 12 heavy (non-hydrogen) atoms. The van der Waals surface area contributed by atoms with Gasteiger partial charge in [0, 0.05) is 0 Å². The third-order valence-electron chi connectivity index (χ3n) is 1.63. The van der Waals surface area contributed by atoms with Gasteiger partial charge >= 0.3 is 0 Å². The molecule has 0 aliphatic heterocycles. The van der Waals surface area contributed by atoms with Gasteiger partial charge in [-0.25, -0.2) is 0 Å². The minimum absolute atomic E-state index is 0.329. The number of hydrogen-bond donors (Lipinski definition) is 0. The van der Waals surface area contributed by atoms with Crippen molar-refractivity contribution in [2.75, 3.05) is 0 Å². The predicted molar refractivity (Wildman–Crippen MR) is 40.7 cm³/mol. The van der Waals surface area contributed by atoms with Crippen LogP contribution in [0.5, 0.6) is 0 Å². The molecule has 0 aliphatic rings. The van der Waals surface area contributed by atoms with Crippen molar-refractivity contribution in [1.82, 2.24) is 0 Å². The molecule has 1 aromatic heterocycles. The minimum Gasteiger partial charge on any atom is -0.650 e. The van der Waals surface area contributed by atoms with Crippen LogP contribution in [0.3, 0.4) is 0 Å². The molecule has 0 saturated carbocycles. The van der Waals surface area contributed by atoms with E-state index in [4.69, 9.17) is 0 Å². The Balaban J connectivity index is 2.95. The van der Waals surface area contributed by atoms with E-state index in [2.05, 4.69) is 6.20 Å². The van der Waals surface area contributed by atoms with Crippen molar-refractivity contribution >= 4 is 11.0 Å². The highest BCUT2D eigenvalue weighted by Crippen LogP contribution is 2.01. The lowest BCUT2D eigenvalue weighted by atomic mass is 10.3. The topological polar surface area (TPSA) is 53.9 Å². The summed E-state index contributed by atoms with van der Waals surface area (Å²) in [5.41, 5.74) is 0.682. The second kappa shape index (κ2) is 2.34. The van der Waals surface area contributed by atoms with Gasteiger partial charge in [0.2, 0.25) is 5.52 Å². The molecule has 0 fully saturated rings. The number of benzene rings is 1. The molecule has 0 spiro atoms. The van der Waals surface area contributed by atoms with Gasteiger partial charge in [-0.15, -0.1) is 0 Å². The molecule has 0 amide bonds. The Labute approximate surface area is 68.5 Å². The Kier molecular flexibility index (Phi) is 1.33. The van der Waals surface area contributed by atoms with Crippen LogP contribution in [0.4, 0.5) is 0 Å². The van der Waals surface area contributed by atoms with E-state index < -0.39 is 0 Å². The third-order valence-corrected chi connectivity index (χ3v) is 1.63. The smallest absolute Gasteiger partial charge is 0.205 e. The summed E-state index contributed by atoms with van der Waals surface area (Å²) in [4.78, 5) is 0. The summed E-state index contributed by atoms with van der Waals surface area (Å²) >= 11 is 0. The standard InChI is InChI=1S/C8H5N2O2/c11-9-5-6-10(12)8-4-2-1-3-7(8)9/h1-5H/q-1. The fourth-order valence-electron chi connectivity index (χ4n) is 1.07. The highest BCUT2D eigenvalue weighted by atomic mass is 16.5. The average molecular weight is 161 g/mol. The molecule has 0 radical (unpaired) electrons. The number of hydrogen-bond acceptors (Lipinski definition) is 2. The van der Waals surface area contributed by atoms with Gasteiger partial charge < -0.3 is 15.1 Å². The molecule has 1 aromatic carbocycles. The van der Waals surface area contributed by atoms with Gasteiger partial charge in [0.15, 0.2) is 6.20 Å². The first-order chi connectivity index (χ1) is 5.79. The first kappa shape index (κ1) is 6.84. The molecule has 0 saturated heterocycles. The Morgan fingerprint density at radius 2 is 1.75 bits per heavy atom. The van der Waals surface area contributed by atoms with Gasteiger partial charge in [0.05, 0.1) is 0 Å². The Morgan fingerprint density at radius 3 is 2.42 bits per heavy atom. The van der Waals surface area contributed by atoms with E-state index in [1.165, 1.54) is 0 Å². The fraction of sp³-hybridized carbons (Fsp3) is 0. The normalized spacial score (nSPS) is 10.3. The van der Waals surface area contributed by atoms with Crippen molar-refractivity contribution < 1.29 is 9.46 Å². The van der Waals surface area contributed by atoms with Crippen molar-refractivity contribution in [1.29, 1.82) is 0 Å². The maximum absolute atomic E-state index is 11.1. The maximum Gasteiger partial charge on any atom is 0.205 e. The number of nitrogens with zero attached hydrogens (tertiary/aromatic N) is 2. The number of para-hydroxylation sites is 2. The zero-order chi connectivity index (χ0) is 8.55. The number of aromatic nitrogens is 2.